The van der Waals surface area contributed by atoms with Crippen molar-refractivity contribution in [1.29, 1.82) is 0 Å². The lowest BCUT2D eigenvalue weighted by Gasteiger charge is -2.11. The van der Waals surface area contributed by atoms with Crippen molar-refractivity contribution in [3.8, 4) is 23.0 Å². The molecular formula is C21H24N6O6. The summed E-state index contributed by atoms with van der Waals surface area (Å²) in [5.74, 6) is 0.809. The zero-order chi connectivity index (χ0) is 24.0. The molecule has 4 N–H and O–H groups in total. The van der Waals surface area contributed by atoms with E-state index in [-0.39, 0.29) is 18.1 Å². The Morgan fingerprint density at radius 3 is 2.27 bits per heavy atom. The lowest BCUT2D eigenvalue weighted by Crippen LogP contribution is -2.21. The number of benzene rings is 2. The largest absolute Gasteiger partial charge is 0.497 e. The van der Waals surface area contributed by atoms with Gasteiger partial charge >= 0.3 is 0 Å². The van der Waals surface area contributed by atoms with Crippen LogP contribution < -0.4 is 35.3 Å². The number of nitrogens with one attached hydrogen (secondary N) is 2. The Morgan fingerprint density at radius 2 is 1.61 bits per heavy atom. The number of ether oxygens (including phenoxy) is 4. The summed E-state index contributed by atoms with van der Waals surface area (Å²) < 4.78 is 21.9. The molecule has 0 aliphatic heterocycles. The molecule has 0 radical (unpaired) electrons. The average molecular weight is 456 g/mol. The van der Waals surface area contributed by atoms with Gasteiger partial charge in [0.2, 0.25) is 5.91 Å². The first-order chi connectivity index (χ1) is 15.9. The van der Waals surface area contributed by atoms with E-state index in [1.54, 1.807) is 36.4 Å². The van der Waals surface area contributed by atoms with Crippen molar-refractivity contribution < 1.29 is 28.5 Å². The molecule has 0 unspecified atom stereocenters. The van der Waals surface area contributed by atoms with E-state index in [0.717, 1.165) is 4.68 Å². The molecule has 0 aliphatic rings. The van der Waals surface area contributed by atoms with Crippen LogP contribution in [-0.4, -0.2) is 55.2 Å². The van der Waals surface area contributed by atoms with E-state index in [2.05, 4.69) is 20.9 Å². The van der Waals surface area contributed by atoms with E-state index in [1.807, 2.05) is 0 Å². The first kappa shape index (κ1) is 23.2. The molecule has 0 atom stereocenters. The maximum absolute atomic E-state index is 12.7. The zero-order valence-corrected chi connectivity index (χ0v) is 18.5. The predicted molar refractivity (Wildman–Crippen MR) is 120 cm³/mol. The Hall–Kier alpha value is -4.48. The van der Waals surface area contributed by atoms with Crippen LogP contribution >= 0.6 is 0 Å². The van der Waals surface area contributed by atoms with Gasteiger partial charge in [0.05, 0.1) is 34.1 Å². The van der Waals surface area contributed by atoms with Crippen LogP contribution in [0.25, 0.3) is 0 Å². The second-order valence-corrected chi connectivity index (χ2v) is 6.62. The van der Waals surface area contributed by atoms with Crippen molar-refractivity contribution in [3.63, 3.8) is 0 Å². The van der Waals surface area contributed by atoms with Crippen LogP contribution in [-0.2, 0) is 11.3 Å². The Kier molecular flexibility index (Phi) is 7.18. The van der Waals surface area contributed by atoms with Crippen molar-refractivity contribution in [2.75, 3.05) is 44.8 Å². The summed E-state index contributed by atoms with van der Waals surface area (Å²) in [5.41, 5.74) is 6.72. The number of methoxy groups -OCH3 is 4. The fourth-order valence-corrected chi connectivity index (χ4v) is 2.94. The third kappa shape index (κ3) is 5.23. The number of hydrogen-bond donors (Lipinski definition) is 3. The number of aromatic nitrogens is 3. The number of hydrogen-bond acceptors (Lipinski definition) is 9. The van der Waals surface area contributed by atoms with Gasteiger partial charge in [0.25, 0.3) is 5.91 Å². The zero-order valence-electron chi connectivity index (χ0n) is 18.5. The summed E-state index contributed by atoms with van der Waals surface area (Å²) in [4.78, 5) is 25.1. The number of nitrogens with zero attached hydrogens (tertiary/aromatic N) is 3. The van der Waals surface area contributed by atoms with Crippen LogP contribution in [0.4, 0.5) is 17.2 Å². The minimum Gasteiger partial charge on any atom is -0.497 e. The van der Waals surface area contributed by atoms with Crippen molar-refractivity contribution >= 4 is 29.0 Å². The van der Waals surface area contributed by atoms with Crippen molar-refractivity contribution in [3.05, 3.63) is 42.1 Å². The van der Waals surface area contributed by atoms with E-state index in [1.165, 1.54) is 28.4 Å². The van der Waals surface area contributed by atoms with Gasteiger partial charge in [-0.25, -0.2) is 4.68 Å². The molecule has 0 spiro atoms. The van der Waals surface area contributed by atoms with E-state index in [4.69, 9.17) is 24.7 Å². The molecule has 2 amide bonds. The van der Waals surface area contributed by atoms with E-state index < -0.39 is 11.8 Å². The second-order valence-electron chi connectivity index (χ2n) is 6.62. The fourth-order valence-electron chi connectivity index (χ4n) is 2.94. The van der Waals surface area contributed by atoms with Gasteiger partial charge in [0.15, 0.2) is 23.0 Å². The molecule has 0 aliphatic carbocycles. The number of rotatable bonds is 9. The molecule has 3 aromatic rings. The first-order valence-electron chi connectivity index (χ1n) is 9.64. The smallest absolute Gasteiger partial charge is 0.280 e. The molecule has 0 saturated heterocycles. The minimum atomic E-state index is -0.620. The topological polar surface area (TPSA) is 152 Å². The highest BCUT2D eigenvalue weighted by Gasteiger charge is 2.21. The van der Waals surface area contributed by atoms with Crippen LogP contribution in [0.5, 0.6) is 23.0 Å². The summed E-state index contributed by atoms with van der Waals surface area (Å²) in [6.07, 6.45) is 0. The first-order valence-corrected chi connectivity index (χ1v) is 9.64. The fraction of sp³-hybridized carbons (Fsp3) is 0.238. The lowest BCUT2D eigenvalue weighted by molar-refractivity contribution is -0.116. The number of anilines is 3. The monoisotopic (exact) mass is 456 g/mol. The molecule has 0 bridgehead atoms. The van der Waals surface area contributed by atoms with Gasteiger partial charge < -0.3 is 35.3 Å². The van der Waals surface area contributed by atoms with Crippen LogP contribution in [0.1, 0.15) is 10.5 Å². The van der Waals surface area contributed by atoms with Gasteiger partial charge in [-0.1, -0.05) is 5.21 Å². The number of nitrogens with two attached hydrogens (primary N) is 1. The maximum atomic E-state index is 12.7. The predicted octanol–water partition coefficient (Wildman–Crippen LogP) is 1.79. The summed E-state index contributed by atoms with van der Waals surface area (Å²) in [7, 11) is 5.98. The third-order valence-electron chi connectivity index (χ3n) is 4.60. The Balaban J connectivity index is 1.71. The van der Waals surface area contributed by atoms with Gasteiger partial charge in [-0.05, 0) is 24.3 Å². The van der Waals surface area contributed by atoms with Gasteiger partial charge in [0.1, 0.15) is 18.0 Å². The number of carbonyl (C=O) groups is 2. The number of nitrogen functional groups attached to an aromatic ring is 1. The van der Waals surface area contributed by atoms with E-state index in [0.29, 0.717) is 34.4 Å². The molecule has 12 heteroatoms. The molecule has 2 aromatic carbocycles. The SMILES string of the molecule is COc1ccc(OC)c(NC(=O)c2nnn(CC(=O)Nc3ccc(OC)c(OC)c3)c2N)c1. The average Bonchev–Trinajstić information content (AvgIpc) is 3.18. The highest BCUT2D eigenvalue weighted by molar-refractivity contribution is 6.06. The van der Waals surface area contributed by atoms with Gasteiger partial charge in [-0.3, -0.25) is 9.59 Å². The minimum absolute atomic E-state index is 0.0724. The van der Waals surface area contributed by atoms with Crippen molar-refractivity contribution in [2.45, 2.75) is 6.54 Å². The molecule has 0 fully saturated rings. The van der Waals surface area contributed by atoms with Crippen molar-refractivity contribution in [1.82, 2.24) is 15.0 Å². The molecule has 174 valence electrons. The number of amides is 2. The molecule has 1 aromatic heterocycles. The third-order valence-corrected chi connectivity index (χ3v) is 4.60. The standard InChI is InChI=1S/C21H24N6O6/c1-30-13-6-8-15(31-2)14(10-13)24-21(29)19-20(22)27(26-25-19)11-18(28)23-12-5-7-16(32-3)17(9-12)33-4/h5-10H,11,22H2,1-4H3,(H,23,28)(H,24,29). The second kappa shape index (κ2) is 10.2. The van der Waals surface area contributed by atoms with Crippen LogP contribution in [0.15, 0.2) is 36.4 Å². The highest BCUT2D eigenvalue weighted by atomic mass is 16.5. The Morgan fingerprint density at radius 1 is 0.909 bits per heavy atom. The number of carbonyl (C=O) groups excluding carboxylic acids is 2. The molecule has 1 heterocycles. The molecule has 33 heavy (non-hydrogen) atoms. The van der Waals surface area contributed by atoms with Crippen LogP contribution in [0, 0.1) is 0 Å². The van der Waals surface area contributed by atoms with E-state index in [9.17, 15) is 9.59 Å². The molecular weight excluding hydrogens is 432 g/mol. The highest BCUT2D eigenvalue weighted by Crippen LogP contribution is 2.30. The maximum Gasteiger partial charge on any atom is 0.280 e. The van der Waals surface area contributed by atoms with Gasteiger partial charge in [-0.15, -0.1) is 5.10 Å². The lowest BCUT2D eigenvalue weighted by atomic mass is 10.2. The van der Waals surface area contributed by atoms with Crippen molar-refractivity contribution in [2.24, 2.45) is 0 Å². The summed E-state index contributed by atoms with van der Waals surface area (Å²) in [6, 6.07) is 9.86. The summed E-state index contributed by atoms with van der Waals surface area (Å²) in [5, 5.41) is 13.0. The van der Waals surface area contributed by atoms with Crippen LogP contribution in [0.2, 0.25) is 0 Å². The van der Waals surface area contributed by atoms with E-state index >= 15 is 0 Å². The van der Waals surface area contributed by atoms with Gasteiger partial charge in [-0.2, -0.15) is 0 Å². The van der Waals surface area contributed by atoms with Crippen LogP contribution in [0.3, 0.4) is 0 Å². The van der Waals surface area contributed by atoms with Gasteiger partial charge in [0, 0.05) is 17.8 Å². The Bertz CT molecular complexity index is 1160. The summed E-state index contributed by atoms with van der Waals surface area (Å²) >= 11 is 0. The Labute approximate surface area is 189 Å². The summed E-state index contributed by atoms with van der Waals surface area (Å²) in [6.45, 7) is -0.261. The quantitative estimate of drug-likeness (QED) is 0.437. The normalized spacial score (nSPS) is 10.3. The molecule has 0 saturated carbocycles. The molecule has 12 nitrogen and oxygen atoms in total. The molecule has 3 rings (SSSR count).